The van der Waals surface area contributed by atoms with Crippen molar-refractivity contribution >= 4 is 28.6 Å². The van der Waals surface area contributed by atoms with Crippen LogP contribution in [0.15, 0.2) is 66.0 Å². The number of hydrogen-bond donors (Lipinski definition) is 1. The zero-order valence-electron chi connectivity index (χ0n) is 17.7. The fourth-order valence-corrected chi connectivity index (χ4v) is 4.95. The van der Waals surface area contributed by atoms with Crippen molar-refractivity contribution in [3.8, 4) is 11.4 Å². The molecule has 158 valence electrons. The van der Waals surface area contributed by atoms with Crippen LogP contribution in [0.3, 0.4) is 0 Å². The van der Waals surface area contributed by atoms with Crippen molar-refractivity contribution in [3.63, 3.8) is 0 Å². The summed E-state index contributed by atoms with van der Waals surface area (Å²) in [6.45, 7) is 2.55. The van der Waals surface area contributed by atoms with E-state index in [0.717, 1.165) is 45.9 Å². The first-order valence-electron chi connectivity index (χ1n) is 10.6. The fourth-order valence-electron chi connectivity index (χ4n) is 3.91. The molecule has 0 bridgehead atoms. The number of thioether (sulfide) groups is 1. The van der Waals surface area contributed by atoms with Gasteiger partial charge < -0.3 is 9.88 Å². The van der Waals surface area contributed by atoms with Gasteiger partial charge in [-0.2, -0.15) is 0 Å². The number of benzene rings is 2. The lowest BCUT2D eigenvalue weighted by atomic mass is 10.1. The Kier molecular flexibility index (Phi) is 5.28. The number of aromatic amines is 1. The predicted octanol–water partition coefficient (Wildman–Crippen LogP) is 4.90. The Bertz CT molecular complexity index is 1210. The second-order valence-electron chi connectivity index (χ2n) is 8.10. The number of carbonyl (C=O) groups excluding carboxylic acids is 1. The summed E-state index contributed by atoms with van der Waals surface area (Å²) in [4.78, 5) is 18.1. The molecule has 2 aromatic heterocycles. The molecule has 2 heterocycles. The molecule has 5 rings (SSSR count). The minimum absolute atomic E-state index is 0.0906. The maximum atomic E-state index is 13.0. The first kappa shape index (κ1) is 19.9. The third kappa shape index (κ3) is 3.97. The van der Waals surface area contributed by atoms with Crippen LogP contribution in [0.1, 0.15) is 31.4 Å². The Morgan fingerprint density at radius 3 is 2.68 bits per heavy atom. The highest BCUT2D eigenvalue weighted by atomic mass is 32.2. The van der Waals surface area contributed by atoms with Gasteiger partial charge in [-0.25, -0.2) is 0 Å². The molecule has 4 aromatic rings. The highest BCUT2D eigenvalue weighted by molar-refractivity contribution is 8.00. The molecule has 1 aliphatic rings. The molecule has 1 atom stereocenters. The molecule has 0 unspecified atom stereocenters. The summed E-state index contributed by atoms with van der Waals surface area (Å²) in [7, 11) is 1.86. The Labute approximate surface area is 185 Å². The first-order chi connectivity index (χ1) is 15.1. The van der Waals surface area contributed by atoms with E-state index < -0.39 is 0 Å². The molecule has 1 fully saturated rings. The Morgan fingerprint density at radius 1 is 1.16 bits per heavy atom. The van der Waals surface area contributed by atoms with E-state index in [0.29, 0.717) is 12.6 Å². The molecule has 7 heteroatoms. The zero-order valence-corrected chi connectivity index (χ0v) is 18.5. The monoisotopic (exact) mass is 431 g/mol. The number of aromatic nitrogens is 4. The van der Waals surface area contributed by atoms with Crippen LogP contribution in [0.2, 0.25) is 0 Å². The largest absolute Gasteiger partial charge is 0.360 e. The minimum atomic E-state index is -0.244. The van der Waals surface area contributed by atoms with E-state index in [2.05, 4.69) is 31.9 Å². The Hall–Kier alpha value is -3.06. The summed E-state index contributed by atoms with van der Waals surface area (Å²) in [6.07, 6.45) is 4.25. The normalized spacial score (nSPS) is 14.6. The van der Waals surface area contributed by atoms with Gasteiger partial charge >= 0.3 is 0 Å². The van der Waals surface area contributed by atoms with Gasteiger partial charge in [0.25, 0.3) is 0 Å². The number of amides is 1. The van der Waals surface area contributed by atoms with Crippen molar-refractivity contribution < 1.29 is 4.79 Å². The van der Waals surface area contributed by atoms with E-state index in [1.807, 2.05) is 62.6 Å². The van der Waals surface area contributed by atoms with Crippen LogP contribution in [0, 0.1) is 0 Å². The molecule has 6 nitrogen and oxygen atoms in total. The van der Waals surface area contributed by atoms with Crippen LogP contribution in [0.25, 0.3) is 22.3 Å². The summed E-state index contributed by atoms with van der Waals surface area (Å²) >= 11 is 1.50. The maximum absolute atomic E-state index is 13.0. The molecule has 0 radical (unpaired) electrons. The van der Waals surface area contributed by atoms with Crippen LogP contribution in [-0.4, -0.2) is 42.9 Å². The number of rotatable bonds is 7. The SMILES string of the molecule is C[C@H](Sc1nnc(-c2c[nH]c3ccccc23)n1C1CC1)C(=O)N(C)Cc1ccccc1. The van der Waals surface area contributed by atoms with Crippen LogP contribution in [0.5, 0.6) is 0 Å². The standard InChI is InChI=1S/C24H25N5OS/c1-16(23(30)28(2)15-17-8-4-3-5-9-17)31-24-27-26-22(29(24)18-12-13-18)20-14-25-21-11-7-6-10-19(20)21/h3-11,14,16,18,25H,12-13,15H2,1-2H3/t16-/m0/s1. The summed E-state index contributed by atoms with van der Waals surface area (Å²) < 4.78 is 2.22. The Morgan fingerprint density at radius 2 is 1.90 bits per heavy atom. The van der Waals surface area contributed by atoms with Gasteiger partial charge in [0, 0.05) is 42.3 Å². The van der Waals surface area contributed by atoms with E-state index in [1.165, 1.54) is 11.8 Å². The lowest BCUT2D eigenvalue weighted by molar-refractivity contribution is -0.129. The number of nitrogens with one attached hydrogen (secondary N) is 1. The zero-order chi connectivity index (χ0) is 21.4. The van der Waals surface area contributed by atoms with E-state index in [4.69, 9.17) is 0 Å². The van der Waals surface area contributed by atoms with Crippen LogP contribution < -0.4 is 0 Å². The third-order valence-corrected chi connectivity index (χ3v) is 6.72. The van der Waals surface area contributed by atoms with Gasteiger partial charge in [-0.15, -0.1) is 10.2 Å². The lowest BCUT2D eigenvalue weighted by Gasteiger charge is -2.21. The van der Waals surface area contributed by atoms with E-state index in [-0.39, 0.29) is 11.2 Å². The van der Waals surface area contributed by atoms with Gasteiger partial charge in [0.05, 0.1) is 5.25 Å². The molecule has 2 aromatic carbocycles. The smallest absolute Gasteiger partial charge is 0.235 e. The third-order valence-electron chi connectivity index (χ3n) is 5.68. The fraction of sp³-hybridized carbons (Fsp3) is 0.292. The van der Waals surface area contributed by atoms with Crippen molar-refractivity contribution in [3.05, 3.63) is 66.4 Å². The van der Waals surface area contributed by atoms with Crippen molar-refractivity contribution in [2.75, 3.05) is 7.05 Å². The summed E-state index contributed by atoms with van der Waals surface area (Å²) in [6, 6.07) is 18.7. The maximum Gasteiger partial charge on any atom is 0.235 e. The molecule has 0 saturated heterocycles. The molecule has 1 saturated carbocycles. The van der Waals surface area contributed by atoms with E-state index >= 15 is 0 Å². The second kappa shape index (κ2) is 8.23. The summed E-state index contributed by atoms with van der Waals surface area (Å²) in [5.41, 5.74) is 3.27. The molecular formula is C24H25N5OS. The van der Waals surface area contributed by atoms with Gasteiger partial charge in [-0.3, -0.25) is 9.36 Å². The highest BCUT2D eigenvalue weighted by Crippen LogP contribution is 2.42. The van der Waals surface area contributed by atoms with Gasteiger partial charge in [0.15, 0.2) is 11.0 Å². The number of H-pyrrole nitrogens is 1. The minimum Gasteiger partial charge on any atom is -0.360 e. The second-order valence-corrected chi connectivity index (χ2v) is 9.40. The molecule has 1 aliphatic carbocycles. The molecule has 31 heavy (non-hydrogen) atoms. The number of nitrogens with zero attached hydrogens (tertiary/aromatic N) is 4. The van der Waals surface area contributed by atoms with Crippen molar-refractivity contribution in [1.82, 2.24) is 24.6 Å². The molecule has 0 spiro atoms. The van der Waals surface area contributed by atoms with Gasteiger partial charge in [-0.1, -0.05) is 60.3 Å². The number of fused-ring (bicyclic) bond motifs is 1. The van der Waals surface area contributed by atoms with E-state index in [1.54, 1.807) is 4.90 Å². The van der Waals surface area contributed by atoms with E-state index in [9.17, 15) is 4.79 Å². The summed E-state index contributed by atoms with van der Waals surface area (Å²) in [5.74, 6) is 0.965. The summed E-state index contributed by atoms with van der Waals surface area (Å²) in [5, 5.41) is 10.8. The number of carbonyl (C=O) groups is 1. The average Bonchev–Trinajstić information content (AvgIpc) is 3.41. The highest BCUT2D eigenvalue weighted by Gasteiger charge is 2.32. The van der Waals surface area contributed by atoms with Crippen molar-refractivity contribution in [1.29, 1.82) is 0 Å². The van der Waals surface area contributed by atoms with Crippen LogP contribution in [-0.2, 0) is 11.3 Å². The van der Waals surface area contributed by atoms with Crippen molar-refractivity contribution in [2.45, 2.75) is 42.8 Å². The van der Waals surface area contributed by atoms with Gasteiger partial charge in [0.1, 0.15) is 0 Å². The van der Waals surface area contributed by atoms with Gasteiger partial charge in [0.2, 0.25) is 5.91 Å². The molecule has 0 aliphatic heterocycles. The topological polar surface area (TPSA) is 66.8 Å². The molecule has 1 amide bonds. The van der Waals surface area contributed by atoms with Crippen LogP contribution >= 0.6 is 11.8 Å². The molecule has 1 N–H and O–H groups in total. The predicted molar refractivity (Wildman–Crippen MR) is 124 cm³/mol. The first-order valence-corrected chi connectivity index (χ1v) is 11.5. The van der Waals surface area contributed by atoms with Crippen LogP contribution in [0.4, 0.5) is 0 Å². The Balaban J connectivity index is 1.38. The quantitative estimate of drug-likeness (QED) is 0.423. The average molecular weight is 432 g/mol. The molecular weight excluding hydrogens is 406 g/mol. The van der Waals surface area contributed by atoms with Gasteiger partial charge in [-0.05, 0) is 31.4 Å². The lowest BCUT2D eigenvalue weighted by Crippen LogP contribution is -2.33. The number of hydrogen-bond acceptors (Lipinski definition) is 4. The van der Waals surface area contributed by atoms with Crippen molar-refractivity contribution in [2.24, 2.45) is 0 Å². The number of para-hydroxylation sites is 1.